The largest absolute Gasteiger partial charge is 0.494 e. The zero-order valence-corrected chi connectivity index (χ0v) is 24.0. The molecule has 0 aliphatic carbocycles. The van der Waals surface area contributed by atoms with Crippen molar-refractivity contribution in [3.8, 4) is 5.75 Å². The van der Waals surface area contributed by atoms with Gasteiger partial charge in [-0.05, 0) is 72.6 Å². The number of hydrogen-bond acceptors (Lipinski definition) is 4. The molecular weight excluding hydrogens is 564 g/mol. The smallest absolute Gasteiger partial charge is 0.332 e. The molecule has 2 aliphatic rings. The van der Waals surface area contributed by atoms with Crippen LogP contribution < -0.4 is 15.0 Å². The van der Waals surface area contributed by atoms with E-state index in [1.165, 1.54) is 0 Å². The van der Waals surface area contributed by atoms with Crippen LogP contribution in [0.25, 0.3) is 10.9 Å². The number of halogens is 1. The highest BCUT2D eigenvalue weighted by molar-refractivity contribution is 6.30. The first kappa shape index (κ1) is 26.8. The molecule has 1 aromatic heterocycles. The van der Waals surface area contributed by atoms with Crippen LogP contribution in [-0.2, 0) is 11.2 Å². The Morgan fingerprint density at radius 2 is 1.74 bits per heavy atom. The van der Waals surface area contributed by atoms with Gasteiger partial charge in [-0.1, -0.05) is 54.1 Å². The fourth-order valence-electron chi connectivity index (χ4n) is 6.18. The zero-order valence-electron chi connectivity index (χ0n) is 23.2. The van der Waals surface area contributed by atoms with E-state index in [1.807, 2.05) is 49.4 Å². The highest BCUT2D eigenvalue weighted by atomic mass is 35.5. The summed E-state index contributed by atoms with van der Waals surface area (Å²) in [4.78, 5) is 48.3. The molecule has 2 aliphatic heterocycles. The maximum atomic E-state index is 14.3. The van der Waals surface area contributed by atoms with Gasteiger partial charge in [0, 0.05) is 33.7 Å². The maximum Gasteiger partial charge on any atom is 0.332 e. The van der Waals surface area contributed by atoms with Crippen LogP contribution in [0.4, 0.5) is 16.2 Å². The second-order valence-electron chi connectivity index (χ2n) is 10.5. The lowest BCUT2D eigenvalue weighted by atomic mass is 9.89. The standard InChI is InChI=1S/C34H27ClN4O4/c1-2-43-23-16-14-22(15-17-23)36-32(40)25-11-4-6-13-28(25)39-33(41)29-19-26-24-10-3-5-12-27(24)37-30(26)31(38(29)34(39)42)20-8-7-9-21(35)18-20/h3-18,29,31,37H,2,19H2,1H3,(H,36,40). The van der Waals surface area contributed by atoms with Crippen LogP contribution in [0.3, 0.4) is 0 Å². The Balaban J connectivity index is 1.28. The normalized spacial score (nSPS) is 17.6. The molecule has 1 fully saturated rings. The van der Waals surface area contributed by atoms with E-state index >= 15 is 0 Å². The molecule has 0 spiro atoms. The van der Waals surface area contributed by atoms with Gasteiger partial charge in [0.05, 0.1) is 17.9 Å². The van der Waals surface area contributed by atoms with Crippen LogP contribution in [0.5, 0.6) is 5.75 Å². The van der Waals surface area contributed by atoms with Crippen molar-refractivity contribution in [2.24, 2.45) is 0 Å². The van der Waals surface area contributed by atoms with Crippen LogP contribution in [0.2, 0.25) is 5.02 Å². The molecule has 4 aromatic carbocycles. The van der Waals surface area contributed by atoms with E-state index in [9.17, 15) is 14.4 Å². The van der Waals surface area contributed by atoms with Crippen LogP contribution in [0.1, 0.15) is 40.1 Å². The Morgan fingerprint density at radius 1 is 0.977 bits per heavy atom. The van der Waals surface area contributed by atoms with Crippen molar-refractivity contribution in [3.63, 3.8) is 0 Å². The molecule has 7 rings (SSSR count). The number of hydrogen-bond donors (Lipinski definition) is 2. The van der Waals surface area contributed by atoms with E-state index in [0.717, 1.165) is 32.6 Å². The number of para-hydroxylation sites is 2. The Labute approximate surface area is 252 Å². The summed E-state index contributed by atoms with van der Waals surface area (Å²) >= 11 is 6.41. The van der Waals surface area contributed by atoms with Crippen molar-refractivity contribution in [2.45, 2.75) is 25.4 Å². The van der Waals surface area contributed by atoms with Crippen molar-refractivity contribution >= 4 is 51.7 Å². The minimum Gasteiger partial charge on any atom is -0.494 e. The van der Waals surface area contributed by atoms with Crippen LogP contribution >= 0.6 is 11.6 Å². The average molecular weight is 591 g/mol. The van der Waals surface area contributed by atoms with E-state index in [4.69, 9.17) is 16.3 Å². The van der Waals surface area contributed by atoms with Crippen molar-refractivity contribution in [1.29, 1.82) is 0 Å². The molecule has 2 N–H and O–H groups in total. The van der Waals surface area contributed by atoms with Crippen LogP contribution in [0.15, 0.2) is 97.1 Å². The second kappa shape index (κ2) is 10.6. The van der Waals surface area contributed by atoms with Gasteiger partial charge < -0.3 is 15.0 Å². The number of urea groups is 1. The topological polar surface area (TPSA) is 94.7 Å². The maximum absolute atomic E-state index is 14.3. The second-order valence-corrected chi connectivity index (χ2v) is 11.0. The summed E-state index contributed by atoms with van der Waals surface area (Å²) in [6.07, 6.45) is 0.345. The lowest BCUT2D eigenvalue weighted by Crippen LogP contribution is -2.44. The van der Waals surface area contributed by atoms with E-state index in [1.54, 1.807) is 59.5 Å². The van der Waals surface area contributed by atoms with Crippen LogP contribution in [-0.4, -0.2) is 40.4 Å². The Bertz CT molecular complexity index is 1900. The number of nitrogens with zero attached hydrogens (tertiary/aromatic N) is 2. The Morgan fingerprint density at radius 3 is 2.53 bits per heavy atom. The molecule has 4 amide bonds. The fraction of sp³-hybridized carbons (Fsp3) is 0.147. The zero-order chi connectivity index (χ0) is 29.7. The van der Waals surface area contributed by atoms with Gasteiger partial charge in [-0.2, -0.15) is 0 Å². The SMILES string of the molecule is CCOc1ccc(NC(=O)c2ccccc2N2C(=O)C3Cc4c([nH]c5ccccc45)C(c4cccc(Cl)c4)N3C2=O)cc1. The van der Waals surface area contributed by atoms with Crippen molar-refractivity contribution in [2.75, 3.05) is 16.8 Å². The van der Waals surface area contributed by atoms with E-state index in [-0.39, 0.29) is 17.2 Å². The van der Waals surface area contributed by atoms with Crippen LogP contribution in [0, 0.1) is 0 Å². The molecule has 0 radical (unpaired) electrons. The van der Waals surface area contributed by atoms with E-state index < -0.39 is 24.0 Å². The number of amides is 4. The highest BCUT2D eigenvalue weighted by Crippen LogP contribution is 2.45. The third-order valence-corrected chi connectivity index (χ3v) is 8.26. The molecule has 9 heteroatoms. The van der Waals surface area contributed by atoms with Gasteiger partial charge >= 0.3 is 6.03 Å². The number of imide groups is 1. The molecule has 1 saturated heterocycles. The summed E-state index contributed by atoms with van der Waals surface area (Å²) in [6.45, 7) is 2.44. The first-order valence-electron chi connectivity index (χ1n) is 14.1. The van der Waals surface area contributed by atoms with E-state index in [0.29, 0.717) is 29.5 Å². The number of ether oxygens (including phenoxy) is 1. The van der Waals surface area contributed by atoms with Gasteiger partial charge in [0.1, 0.15) is 17.8 Å². The third-order valence-electron chi connectivity index (χ3n) is 8.03. The molecule has 0 saturated carbocycles. The summed E-state index contributed by atoms with van der Waals surface area (Å²) in [7, 11) is 0. The molecule has 5 aromatic rings. The summed E-state index contributed by atoms with van der Waals surface area (Å²) in [5.74, 6) is -0.125. The number of carbonyl (C=O) groups is 3. The highest BCUT2D eigenvalue weighted by Gasteiger charge is 2.53. The monoisotopic (exact) mass is 590 g/mol. The number of nitrogens with one attached hydrogen (secondary N) is 2. The van der Waals surface area contributed by atoms with Gasteiger partial charge in [0.2, 0.25) is 0 Å². The quantitative estimate of drug-likeness (QED) is 0.209. The molecule has 0 bridgehead atoms. The predicted molar refractivity (Wildman–Crippen MR) is 166 cm³/mol. The number of anilines is 2. The fourth-order valence-corrected chi connectivity index (χ4v) is 6.38. The number of carbonyl (C=O) groups excluding carboxylic acids is 3. The summed E-state index contributed by atoms with van der Waals surface area (Å²) in [5.41, 5.74) is 4.57. The summed E-state index contributed by atoms with van der Waals surface area (Å²) < 4.78 is 5.49. The minimum absolute atomic E-state index is 0.209. The van der Waals surface area contributed by atoms with Crippen molar-refractivity contribution in [3.05, 3.63) is 124 Å². The summed E-state index contributed by atoms with van der Waals surface area (Å²) in [5, 5.41) is 4.42. The predicted octanol–water partition coefficient (Wildman–Crippen LogP) is 6.96. The van der Waals surface area contributed by atoms with Crippen molar-refractivity contribution in [1.82, 2.24) is 9.88 Å². The van der Waals surface area contributed by atoms with E-state index in [2.05, 4.69) is 10.3 Å². The average Bonchev–Trinajstić information content (AvgIpc) is 3.51. The third kappa shape index (κ3) is 4.51. The first-order chi connectivity index (χ1) is 20.9. The Hall–Kier alpha value is -5.08. The molecule has 8 nitrogen and oxygen atoms in total. The molecule has 3 heterocycles. The van der Waals surface area contributed by atoms with Gasteiger partial charge in [0.25, 0.3) is 11.8 Å². The molecular formula is C34H27ClN4O4. The number of H-pyrrole nitrogens is 1. The molecule has 2 unspecified atom stereocenters. The molecule has 43 heavy (non-hydrogen) atoms. The lowest BCUT2D eigenvalue weighted by Gasteiger charge is -2.36. The summed E-state index contributed by atoms with van der Waals surface area (Å²) in [6, 6.07) is 27.1. The van der Waals surface area contributed by atoms with Gasteiger partial charge in [-0.15, -0.1) is 0 Å². The van der Waals surface area contributed by atoms with Gasteiger partial charge in [-0.3, -0.25) is 14.5 Å². The number of rotatable bonds is 6. The molecule has 214 valence electrons. The first-order valence-corrected chi connectivity index (χ1v) is 14.5. The van der Waals surface area contributed by atoms with Gasteiger partial charge in [-0.25, -0.2) is 9.69 Å². The number of fused-ring (bicyclic) bond motifs is 4. The lowest BCUT2D eigenvalue weighted by molar-refractivity contribution is -0.120. The minimum atomic E-state index is -0.759. The van der Waals surface area contributed by atoms with Gasteiger partial charge in [0.15, 0.2) is 0 Å². The molecule has 2 atom stereocenters. The number of benzene rings is 4. The van der Waals surface area contributed by atoms with Crippen molar-refractivity contribution < 1.29 is 19.1 Å². The number of aromatic amines is 1. The Kier molecular flexibility index (Phi) is 6.63. The number of aromatic nitrogens is 1.